The van der Waals surface area contributed by atoms with Crippen molar-refractivity contribution in [2.24, 2.45) is 0 Å². The smallest absolute Gasteiger partial charge is 0.0771 e. The van der Waals surface area contributed by atoms with Gasteiger partial charge in [0.05, 0.1) is 5.60 Å². The summed E-state index contributed by atoms with van der Waals surface area (Å²) in [6.45, 7) is 1.69. The second-order valence-corrected chi connectivity index (χ2v) is 6.77. The summed E-state index contributed by atoms with van der Waals surface area (Å²) in [7, 11) is 0. The summed E-state index contributed by atoms with van der Waals surface area (Å²) < 4.78 is 0. The van der Waals surface area contributed by atoms with E-state index in [1.54, 1.807) is 10.4 Å². The quantitative estimate of drug-likeness (QED) is 0.862. The Hall–Kier alpha value is -0.380. The van der Waals surface area contributed by atoms with E-state index in [1.165, 1.54) is 37.0 Å². The maximum absolute atomic E-state index is 10.2. The molecule has 17 heavy (non-hydrogen) atoms. The molecule has 94 valence electrons. The third-order valence-corrected chi connectivity index (χ3v) is 5.32. The highest BCUT2D eigenvalue weighted by molar-refractivity contribution is 7.12. The van der Waals surface area contributed by atoms with Crippen molar-refractivity contribution in [2.45, 2.75) is 57.1 Å². The SMILES string of the molecule is OC1(CNCc2cc3c(s2)CCC3)CCCC1. The molecule has 0 unspecified atom stereocenters. The molecule has 0 spiro atoms. The second-order valence-electron chi connectivity index (χ2n) is 5.55. The van der Waals surface area contributed by atoms with Crippen LogP contribution in [0.15, 0.2) is 6.07 Å². The predicted octanol–water partition coefficient (Wildman–Crippen LogP) is 2.63. The van der Waals surface area contributed by atoms with Gasteiger partial charge in [0.1, 0.15) is 0 Å². The standard InChI is InChI=1S/C14H21NOS/c16-14(6-1-2-7-14)10-15-9-12-8-11-4-3-5-13(11)17-12/h8,15-16H,1-7,9-10H2. The molecule has 2 N–H and O–H groups in total. The van der Waals surface area contributed by atoms with Crippen LogP contribution in [0.3, 0.4) is 0 Å². The Morgan fingerprint density at radius 3 is 2.82 bits per heavy atom. The number of rotatable bonds is 4. The molecule has 3 rings (SSSR count). The molecule has 1 saturated carbocycles. The lowest BCUT2D eigenvalue weighted by molar-refractivity contribution is 0.0475. The van der Waals surface area contributed by atoms with Crippen molar-refractivity contribution in [3.8, 4) is 0 Å². The van der Waals surface area contributed by atoms with Crippen LogP contribution in [0.1, 0.15) is 47.4 Å². The van der Waals surface area contributed by atoms with Crippen molar-refractivity contribution < 1.29 is 5.11 Å². The Morgan fingerprint density at radius 2 is 2.06 bits per heavy atom. The lowest BCUT2D eigenvalue weighted by Gasteiger charge is -2.22. The summed E-state index contributed by atoms with van der Waals surface area (Å²) >= 11 is 1.96. The first-order valence-corrected chi connectivity index (χ1v) is 7.60. The van der Waals surface area contributed by atoms with Gasteiger partial charge in [0.15, 0.2) is 0 Å². The van der Waals surface area contributed by atoms with Gasteiger partial charge in [0.25, 0.3) is 0 Å². The summed E-state index contributed by atoms with van der Waals surface area (Å²) in [4.78, 5) is 3.04. The van der Waals surface area contributed by atoms with E-state index >= 15 is 0 Å². The zero-order chi connectivity index (χ0) is 11.7. The minimum Gasteiger partial charge on any atom is -0.389 e. The summed E-state index contributed by atoms with van der Waals surface area (Å²) in [5.41, 5.74) is 1.16. The number of hydrogen-bond donors (Lipinski definition) is 2. The van der Waals surface area contributed by atoms with E-state index in [4.69, 9.17) is 0 Å². The normalized spacial score (nSPS) is 21.9. The van der Waals surface area contributed by atoms with E-state index in [1.807, 2.05) is 11.3 Å². The fraction of sp³-hybridized carbons (Fsp3) is 0.714. The van der Waals surface area contributed by atoms with Gasteiger partial charge in [-0.1, -0.05) is 12.8 Å². The van der Waals surface area contributed by atoms with Gasteiger partial charge in [-0.25, -0.2) is 0 Å². The van der Waals surface area contributed by atoms with Crippen LogP contribution in [-0.4, -0.2) is 17.3 Å². The van der Waals surface area contributed by atoms with E-state index < -0.39 is 5.60 Å². The van der Waals surface area contributed by atoms with Crippen molar-refractivity contribution in [1.29, 1.82) is 0 Å². The molecule has 1 aromatic rings. The molecule has 3 heteroatoms. The van der Waals surface area contributed by atoms with Crippen molar-refractivity contribution in [3.05, 3.63) is 21.4 Å². The van der Waals surface area contributed by atoms with Gasteiger partial charge in [-0.05, 0) is 43.7 Å². The maximum atomic E-state index is 10.2. The van der Waals surface area contributed by atoms with Gasteiger partial charge in [-0.3, -0.25) is 0 Å². The number of aliphatic hydroxyl groups is 1. The largest absolute Gasteiger partial charge is 0.389 e. The molecule has 2 aliphatic rings. The summed E-state index contributed by atoms with van der Waals surface area (Å²) in [5.74, 6) is 0. The van der Waals surface area contributed by atoms with Crippen LogP contribution in [0.2, 0.25) is 0 Å². The Kier molecular flexibility index (Phi) is 3.24. The molecule has 1 heterocycles. The van der Waals surface area contributed by atoms with E-state index in [9.17, 15) is 5.11 Å². The van der Waals surface area contributed by atoms with Gasteiger partial charge < -0.3 is 10.4 Å². The molecule has 0 saturated heterocycles. The molecular formula is C14H21NOS. The van der Waals surface area contributed by atoms with Gasteiger partial charge >= 0.3 is 0 Å². The second kappa shape index (κ2) is 4.71. The van der Waals surface area contributed by atoms with Crippen LogP contribution in [0.4, 0.5) is 0 Å². The average molecular weight is 251 g/mol. The lowest BCUT2D eigenvalue weighted by atomic mass is 10.0. The molecular weight excluding hydrogens is 230 g/mol. The Labute approximate surface area is 107 Å². The van der Waals surface area contributed by atoms with Crippen molar-refractivity contribution in [1.82, 2.24) is 5.32 Å². The molecule has 1 aromatic heterocycles. The van der Waals surface area contributed by atoms with Crippen LogP contribution in [0.25, 0.3) is 0 Å². The Balaban J connectivity index is 1.50. The van der Waals surface area contributed by atoms with Gasteiger partial charge in [-0.2, -0.15) is 0 Å². The van der Waals surface area contributed by atoms with Gasteiger partial charge in [0.2, 0.25) is 0 Å². The fourth-order valence-electron chi connectivity index (χ4n) is 3.11. The molecule has 0 amide bonds. The third kappa shape index (κ3) is 2.56. The van der Waals surface area contributed by atoms with Crippen LogP contribution >= 0.6 is 11.3 Å². The number of aryl methyl sites for hydroxylation is 2. The zero-order valence-electron chi connectivity index (χ0n) is 10.3. The molecule has 0 aromatic carbocycles. The lowest BCUT2D eigenvalue weighted by Crippen LogP contribution is -2.37. The number of nitrogens with one attached hydrogen (secondary N) is 1. The monoisotopic (exact) mass is 251 g/mol. The molecule has 0 radical (unpaired) electrons. The van der Waals surface area contributed by atoms with Gasteiger partial charge in [0, 0.05) is 22.8 Å². The van der Waals surface area contributed by atoms with Crippen molar-refractivity contribution >= 4 is 11.3 Å². The van der Waals surface area contributed by atoms with Gasteiger partial charge in [-0.15, -0.1) is 11.3 Å². The molecule has 0 aliphatic heterocycles. The van der Waals surface area contributed by atoms with E-state index in [-0.39, 0.29) is 0 Å². The van der Waals surface area contributed by atoms with E-state index in [2.05, 4.69) is 11.4 Å². The minimum atomic E-state index is -0.417. The first-order valence-electron chi connectivity index (χ1n) is 6.79. The molecule has 0 bridgehead atoms. The fourth-order valence-corrected chi connectivity index (χ4v) is 4.34. The summed E-state index contributed by atoms with van der Waals surface area (Å²) in [5, 5.41) is 13.7. The Bertz CT molecular complexity index is 371. The topological polar surface area (TPSA) is 32.3 Å². The Morgan fingerprint density at radius 1 is 1.24 bits per heavy atom. The zero-order valence-corrected chi connectivity index (χ0v) is 11.1. The van der Waals surface area contributed by atoms with Crippen LogP contribution in [-0.2, 0) is 19.4 Å². The van der Waals surface area contributed by atoms with E-state index in [0.29, 0.717) is 0 Å². The number of thiophene rings is 1. The number of hydrogen-bond acceptors (Lipinski definition) is 3. The summed E-state index contributed by atoms with van der Waals surface area (Å²) in [6.07, 6.45) is 8.22. The van der Waals surface area contributed by atoms with Crippen LogP contribution in [0, 0.1) is 0 Å². The summed E-state index contributed by atoms with van der Waals surface area (Å²) in [6, 6.07) is 2.36. The number of fused-ring (bicyclic) bond motifs is 1. The van der Waals surface area contributed by atoms with Crippen LogP contribution < -0.4 is 5.32 Å². The highest BCUT2D eigenvalue weighted by Crippen LogP contribution is 2.31. The van der Waals surface area contributed by atoms with E-state index in [0.717, 1.165) is 25.9 Å². The molecule has 1 fully saturated rings. The van der Waals surface area contributed by atoms with Crippen molar-refractivity contribution in [3.63, 3.8) is 0 Å². The predicted molar refractivity (Wildman–Crippen MR) is 71.5 cm³/mol. The average Bonchev–Trinajstić information content (AvgIpc) is 2.93. The first-order chi connectivity index (χ1) is 8.25. The van der Waals surface area contributed by atoms with Crippen molar-refractivity contribution in [2.75, 3.05) is 6.54 Å². The highest BCUT2D eigenvalue weighted by Gasteiger charge is 2.30. The maximum Gasteiger partial charge on any atom is 0.0771 e. The molecule has 2 nitrogen and oxygen atoms in total. The van der Waals surface area contributed by atoms with Crippen LogP contribution in [0.5, 0.6) is 0 Å². The highest BCUT2D eigenvalue weighted by atomic mass is 32.1. The molecule has 0 atom stereocenters. The minimum absolute atomic E-state index is 0.417. The third-order valence-electron chi connectivity index (χ3n) is 4.09. The molecule has 2 aliphatic carbocycles. The first kappa shape index (κ1) is 11.7.